The molecule has 0 aliphatic rings. The molecule has 9 heteroatoms. The number of non-ortho nitro benzene ring substituents is 1. The van der Waals surface area contributed by atoms with Gasteiger partial charge in [0, 0.05) is 29.4 Å². The highest BCUT2D eigenvalue weighted by Gasteiger charge is 2.12. The van der Waals surface area contributed by atoms with Gasteiger partial charge < -0.3 is 14.8 Å². The average molecular weight is 437 g/mol. The molecule has 31 heavy (non-hydrogen) atoms. The van der Waals surface area contributed by atoms with Crippen LogP contribution in [-0.4, -0.2) is 29.2 Å². The fraction of sp³-hybridized carbons (Fsp3) is 0.0909. The van der Waals surface area contributed by atoms with Gasteiger partial charge in [0.15, 0.2) is 5.11 Å². The van der Waals surface area contributed by atoms with E-state index in [1.54, 1.807) is 24.3 Å². The van der Waals surface area contributed by atoms with Gasteiger partial charge in [0.2, 0.25) is 0 Å². The second-order valence-corrected chi connectivity index (χ2v) is 6.66. The van der Waals surface area contributed by atoms with Crippen LogP contribution in [0.25, 0.3) is 0 Å². The molecule has 3 rings (SSSR count). The predicted molar refractivity (Wildman–Crippen MR) is 121 cm³/mol. The minimum Gasteiger partial charge on any atom is -0.490 e. The van der Waals surface area contributed by atoms with Gasteiger partial charge in [-0.25, -0.2) is 0 Å². The summed E-state index contributed by atoms with van der Waals surface area (Å²) in [7, 11) is 0. The molecule has 0 bridgehead atoms. The van der Waals surface area contributed by atoms with Crippen molar-refractivity contribution in [1.29, 1.82) is 0 Å². The summed E-state index contributed by atoms with van der Waals surface area (Å²) >= 11 is 5.16. The van der Waals surface area contributed by atoms with Crippen LogP contribution in [0.4, 0.5) is 11.4 Å². The maximum Gasteiger partial charge on any atom is 0.270 e. The third-order valence-corrected chi connectivity index (χ3v) is 4.21. The van der Waals surface area contributed by atoms with E-state index >= 15 is 0 Å². The largest absolute Gasteiger partial charge is 0.490 e. The van der Waals surface area contributed by atoms with Gasteiger partial charge in [-0.15, -0.1) is 0 Å². The number of para-hydroxylation sites is 1. The lowest BCUT2D eigenvalue weighted by Crippen LogP contribution is -2.34. The monoisotopic (exact) mass is 437 g/mol. The van der Waals surface area contributed by atoms with Gasteiger partial charge in [-0.3, -0.25) is 20.2 Å². The predicted octanol–water partition coefficient (Wildman–Crippen LogP) is 4.18. The summed E-state index contributed by atoms with van der Waals surface area (Å²) in [6.07, 6.45) is 0. The molecule has 1 amide bonds. The Bertz CT molecular complexity index is 1080. The van der Waals surface area contributed by atoms with Crippen LogP contribution in [0, 0.1) is 10.1 Å². The second-order valence-electron chi connectivity index (χ2n) is 6.25. The highest BCUT2D eigenvalue weighted by molar-refractivity contribution is 7.80. The molecule has 0 aromatic heterocycles. The van der Waals surface area contributed by atoms with Crippen LogP contribution < -0.4 is 20.1 Å². The van der Waals surface area contributed by atoms with Crippen molar-refractivity contribution in [3.05, 3.63) is 94.5 Å². The molecule has 0 aliphatic carbocycles. The molecule has 0 saturated heterocycles. The zero-order valence-electron chi connectivity index (χ0n) is 16.3. The molecule has 0 saturated carbocycles. The number of nitro benzene ring substituents is 1. The van der Waals surface area contributed by atoms with Gasteiger partial charge in [0.25, 0.3) is 11.6 Å². The quantitative estimate of drug-likeness (QED) is 0.236. The normalized spacial score (nSPS) is 10.1. The van der Waals surface area contributed by atoms with E-state index in [4.69, 9.17) is 21.7 Å². The molecule has 0 fully saturated rings. The van der Waals surface area contributed by atoms with Crippen molar-refractivity contribution in [3.8, 4) is 11.5 Å². The Balaban J connectivity index is 1.49. The summed E-state index contributed by atoms with van der Waals surface area (Å²) in [5, 5.41) is 16.3. The Morgan fingerprint density at radius 3 is 2.32 bits per heavy atom. The molecule has 8 nitrogen and oxygen atoms in total. The lowest BCUT2D eigenvalue weighted by Gasteiger charge is -2.12. The van der Waals surface area contributed by atoms with Gasteiger partial charge in [0.05, 0.1) is 4.92 Å². The smallest absolute Gasteiger partial charge is 0.270 e. The molecule has 158 valence electrons. The van der Waals surface area contributed by atoms with Crippen LogP contribution in [0.1, 0.15) is 10.4 Å². The molecule has 0 radical (unpaired) electrons. The number of nitrogens with one attached hydrogen (secondary N) is 2. The fourth-order valence-corrected chi connectivity index (χ4v) is 2.81. The maximum atomic E-state index is 12.3. The number of carbonyl (C=O) groups excluding carboxylic acids is 1. The average Bonchev–Trinajstić information content (AvgIpc) is 2.77. The SMILES string of the molecule is O=C(NC(=S)Nc1cccc(OCCOc2ccccc2)c1)c1cccc([N+](=O)[O-])c1. The topological polar surface area (TPSA) is 103 Å². The maximum absolute atomic E-state index is 12.3. The van der Waals surface area contributed by atoms with Gasteiger partial charge in [-0.1, -0.05) is 30.3 Å². The first kappa shape index (κ1) is 21.7. The third-order valence-electron chi connectivity index (χ3n) is 4.00. The van der Waals surface area contributed by atoms with Crippen molar-refractivity contribution in [2.75, 3.05) is 18.5 Å². The van der Waals surface area contributed by atoms with E-state index in [1.165, 1.54) is 24.3 Å². The number of nitrogens with zero attached hydrogens (tertiary/aromatic N) is 1. The van der Waals surface area contributed by atoms with Crippen molar-refractivity contribution >= 4 is 34.6 Å². The lowest BCUT2D eigenvalue weighted by molar-refractivity contribution is -0.384. The number of hydrogen-bond acceptors (Lipinski definition) is 6. The Kier molecular flexibility index (Phi) is 7.50. The van der Waals surface area contributed by atoms with Crippen LogP contribution in [0.3, 0.4) is 0 Å². The first-order valence-corrected chi connectivity index (χ1v) is 9.69. The standard InChI is InChI=1S/C22H19N3O5S/c26-21(16-6-4-8-18(14-16)25(27)28)24-22(31)23-17-7-5-11-20(15-17)30-13-12-29-19-9-2-1-3-10-19/h1-11,14-15H,12-13H2,(H2,23,24,26,31). The number of nitro groups is 1. The lowest BCUT2D eigenvalue weighted by atomic mass is 10.2. The molecular formula is C22H19N3O5S. The first-order valence-electron chi connectivity index (χ1n) is 9.29. The summed E-state index contributed by atoms with van der Waals surface area (Å²) in [6, 6.07) is 21.9. The summed E-state index contributed by atoms with van der Waals surface area (Å²) < 4.78 is 11.3. The Morgan fingerprint density at radius 2 is 1.58 bits per heavy atom. The van der Waals surface area contributed by atoms with Crippen molar-refractivity contribution in [2.24, 2.45) is 0 Å². The van der Waals surface area contributed by atoms with E-state index in [2.05, 4.69) is 10.6 Å². The Hall–Kier alpha value is -3.98. The second kappa shape index (κ2) is 10.7. The van der Waals surface area contributed by atoms with Gasteiger partial charge in [0.1, 0.15) is 24.7 Å². The third kappa shape index (κ3) is 6.79. The minimum atomic E-state index is -0.566. The zero-order valence-corrected chi connectivity index (χ0v) is 17.1. The van der Waals surface area contributed by atoms with Crippen molar-refractivity contribution in [2.45, 2.75) is 0 Å². The van der Waals surface area contributed by atoms with Crippen molar-refractivity contribution in [3.63, 3.8) is 0 Å². The van der Waals surface area contributed by atoms with Crippen LogP contribution in [0.2, 0.25) is 0 Å². The van der Waals surface area contributed by atoms with Crippen LogP contribution in [0.5, 0.6) is 11.5 Å². The summed E-state index contributed by atoms with van der Waals surface area (Å²) in [5.41, 5.74) is 0.576. The number of ether oxygens (including phenoxy) is 2. The van der Waals surface area contributed by atoms with Gasteiger partial charge >= 0.3 is 0 Å². The van der Waals surface area contributed by atoms with E-state index in [0.29, 0.717) is 24.7 Å². The number of rotatable bonds is 8. The van der Waals surface area contributed by atoms with Crippen molar-refractivity contribution < 1.29 is 19.2 Å². The number of carbonyl (C=O) groups is 1. The number of anilines is 1. The number of amides is 1. The molecule has 0 atom stereocenters. The van der Waals surface area contributed by atoms with E-state index in [9.17, 15) is 14.9 Å². The highest BCUT2D eigenvalue weighted by Crippen LogP contribution is 2.18. The van der Waals surface area contributed by atoms with Crippen molar-refractivity contribution in [1.82, 2.24) is 5.32 Å². The van der Waals surface area contributed by atoms with Gasteiger partial charge in [-0.05, 0) is 42.5 Å². The first-order chi connectivity index (χ1) is 15.0. The Labute approximate surface area is 184 Å². The molecular weight excluding hydrogens is 418 g/mol. The molecule has 0 spiro atoms. The molecule has 3 aromatic rings. The van der Waals surface area contributed by atoms with E-state index in [-0.39, 0.29) is 16.4 Å². The Morgan fingerprint density at radius 1 is 0.903 bits per heavy atom. The molecule has 0 aliphatic heterocycles. The number of hydrogen-bond donors (Lipinski definition) is 2. The molecule has 3 aromatic carbocycles. The number of thiocarbonyl (C=S) groups is 1. The molecule has 0 heterocycles. The van der Waals surface area contributed by atoms with Gasteiger partial charge in [-0.2, -0.15) is 0 Å². The fourth-order valence-electron chi connectivity index (χ4n) is 2.60. The summed E-state index contributed by atoms with van der Waals surface area (Å²) in [6.45, 7) is 0.742. The summed E-state index contributed by atoms with van der Waals surface area (Å²) in [5.74, 6) is 0.826. The van der Waals surface area contributed by atoms with E-state index in [0.717, 1.165) is 5.75 Å². The highest BCUT2D eigenvalue weighted by atomic mass is 32.1. The van der Waals surface area contributed by atoms with Crippen LogP contribution in [0.15, 0.2) is 78.9 Å². The van der Waals surface area contributed by atoms with E-state index in [1.807, 2.05) is 30.3 Å². The zero-order chi connectivity index (χ0) is 22.1. The summed E-state index contributed by atoms with van der Waals surface area (Å²) in [4.78, 5) is 22.6. The van der Waals surface area contributed by atoms with Crippen LogP contribution >= 0.6 is 12.2 Å². The molecule has 2 N–H and O–H groups in total. The minimum absolute atomic E-state index is 0.0565. The van der Waals surface area contributed by atoms with E-state index < -0.39 is 10.8 Å². The van der Waals surface area contributed by atoms with Crippen LogP contribution in [-0.2, 0) is 0 Å². The molecule has 0 unspecified atom stereocenters. The number of benzene rings is 3.